The van der Waals surface area contributed by atoms with E-state index in [1.54, 1.807) is 13.0 Å². The van der Waals surface area contributed by atoms with Gasteiger partial charge in [-0.15, -0.1) is 0 Å². The summed E-state index contributed by atoms with van der Waals surface area (Å²) in [5.41, 5.74) is 0.589. The first-order valence-electron chi connectivity index (χ1n) is 5.29. The van der Waals surface area contributed by atoms with Gasteiger partial charge in [0.15, 0.2) is 0 Å². The molecule has 1 aliphatic carbocycles. The third kappa shape index (κ3) is 4.44. The van der Waals surface area contributed by atoms with Gasteiger partial charge in [-0.3, -0.25) is 0 Å². The van der Waals surface area contributed by atoms with Crippen LogP contribution in [-0.4, -0.2) is 37.4 Å². The first-order chi connectivity index (χ1) is 7.15. The van der Waals surface area contributed by atoms with Gasteiger partial charge in [-0.2, -0.15) is 0 Å². The molecule has 0 spiro atoms. The predicted octanol–water partition coefficient (Wildman–Crippen LogP) is 0.466. The fourth-order valence-corrected chi connectivity index (χ4v) is 1.35. The van der Waals surface area contributed by atoms with Crippen LogP contribution in [0.5, 0.6) is 0 Å². The van der Waals surface area contributed by atoms with Crippen LogP contribution < -0.4 is 5.32 Å². The maximum atomic E-state index is 11.0. The SMILES string of the molecule is COC(=O)C(C)=CCNCC(O)C1CC1. The first kappa shape index (κ1) is 12.2. The monoisotopic (exact) mass is 213 g/mol. The van der Waals surface area contributed by atoms with Gasteiger partial charge in [-0.25, -0.2) is 4.79 Å². The number of aliphatic hydroxyl groups excluding tert-OH is 1. The zero-order valence-electron chi connectivity index (χ0n) is 9.32. The Labute approximate surface area is 90.3 Å². The van der Waals surface area contributed by atoms with Crippen molar-refractivity contribution in [3.63, 3.8) is 0 Å². The number of aliphatic hydroxyl groups is 1. The number of carbonyl (C=O) groups is 1. The molecular formula is C11H19NO3. The molecule has 0 aromatic heterocycles. The molecule has 1 atom stereocenters. The van der Waals surface area contributed by atoms with E-state index in [0.717, 1.165) is 12.8 Å². The third-order valence-electron chi connectivity index (χ3n) is 2.58. The van der Waals surface area contributed by atoms with Gasteiger partial charge in [0.2, 0.25) is 0 Å². The molecule has 0 aromatic rings. The van der Waals surface area contributed by atoms with Crippen LogP contribution in [0.2, 0.25) is 0 Å². The molecule has 4 nitrogen and oxygen atoms in total. The smallest absolute Gasteiger partial charge is 0.333 e. The Morgan fingerprint density at radius 3 is 2.87 bits per heavy atom. The minimum absolute atomic E-state index is 0.239. The van der Waals surface area contributed by atoms with E-state index in [1.165, 1.54) is 7.11 Å². The van der Waals surface area contributed by atoms with Gasteiger partial charge in [0.05, 0.1) is 13.2 Å². The molecule has 1 aliphatic rings. The Hall–Kier alpha value is -0.870. The summed E-state index contributed by atoms with van der Waals surface area (Å²) in [6.45, 7) is 2.89. The van der Waals surface area contributed by atoms with Gasteiger partial charge in [-0.1, -0.05) is 6.08 Å². The molecule has 1 saturated carbocycles. The number of hydrogen-bond donors (Lipinski definition) is 2. The third-order valence-corrected chi connectivity index (χ3v) is 2.58. The molecule has 0 aliphatic heterocycles. The topological polar surface area (TPSA) is 58.6 Å². The van der Waals surface area contributed by atoms with Crippen LogP contribution >= 0.6 is 0 Å². The highest BCUT2D eigenvalue weighted by Gasteiger charge is 2.28. The normalized spacial score (nSPS) is 18.7. The summed E-state index contributed by atoms with van der Waals surface area (Å²) in [7, 11) is 1.37. The van der Waals surface area contributed by atoms with E-state index in [1.807, 2.05) is 0 Å². The zero-order valence-corrected chi connectivity index (χ0v) is 9.32. The van der Waals surface area contributed by atoms with Gasteiger partial charge in [0.25, 0.3) is 0 Å². The highest BCUT2D eigenvalue weighted by molar-refractivity contribution is 5.87. The molecule has 15 heavy (non-hydrogen) atoms. The molecule has 0 amide bonds. The second-order valence-electron chi connectivity index (χ2n) is 3.94. The van der Waals surface area contributed by atoms with Crippen molar-refractivity contribution in [2.45, 2.75) is 25.9 Å². The number of ether oxygens (including phenoxy) is 1. The van der Waals surface area contributed by atoms with Gasteiger partial charge in [-0.05, 0) is 25.7 Å². The first-order valence-corrected chi connectivity index (χ1v) is 5.29. The summed E-state index contributed by atoms with van der Waals surface area (Å²) in [6.07, 6.45) is 3.81. The maximum absolute atomic E-state index is 11.0. The van der Waals surface area contributed by atoms with Gasteiger partial charge >= 0.3 is 5.97 Å². The van der Waals surface area contributed by atoms with Crippen molar-refractivity contribution in [3.8, 4) is 0 Å². The number of carbonyl (C=O) groups excluding carboxylic acids is 1. The second kappa shape index (κ2) is 5.88. The van der Waals surface area contributed by atoms with Crippen molar-refractivity contribution in [3.05, 3.63) is 11.6 Å². The summed E-state index contributed by atoms with van der Waals surface area (Å²) in [4.78, 5) is 11.0. The lowest BCUT2D eigenvalue weighted by Gasteiger charge is -2.08. The van der Waals surface area contributed by atoms with Crippen molar-refractivity contribution in [1.29, 1.82) is 0 Å². The molecule has 1 fully saturated rings. The molecule has 1 rings (SSSR count). The molecule has 0 bridgehead atoms. The van der Waals surface area contributed by atoms with Crippen LogP contribution in [0.4, 0.5) is 0 Å². The van der Waals surface area contributed by atoms with Gasteiger partial charge < -0.3 is 15.2 Å². The molecule has 1 unspecified atom stereocenters. The van der Waals surface area contributed by atoms with Crippen LogP contribution in [0.3, 0.4) is 0 Å². The lowest BCUT2D eigenvalue weighted by atomic mass is 10.2. The largest absolute Gasteiger partial charge is 0.466 e. The Morgan fingerprint density at radius 2 is 2.33 bits per heavy atom. The number of esters is 1. The van der Waals surface area contributed by atoms with Crippen molar-refractivity contribution in [2.24, 2.45) is 5.92 Å². The lowest BCUT2D eigenvalue weighted by Crippen LogP contribution is -2.28. The van der Waals surface area contributed by atoms with Crippen molar-refractivity contribution in [2.75, 3.05) is 20.2 Å². The Bertz CT molecular complexity index is 246. The highest BCUT2D eigenvalue weighted by Crippen LogP contribution is 2.32. The molecule has 4 heteroatoms. The number of hydrogen-bond acceptors (Lipinski definition) is 4. The molecule has 0 heterocycles. The van der Waals surface area contributed by atoms with E-state index in [-0.39, 0.29) is 12.1 Å². The molecule has 86 valence electrons. The van der Waals surface area contributed by atoms with Crippen molar-refractivity contribution in [1.82, 2.24) is 5.32 Å². The van der Waals surface area contributed by atoms with E-state index < -0.39 is 0 Å². The highest BCUT2D eigenvalue weighted by atomic mass is 16.5. The summed E-state index contributed by atoms with van der Waals surface area (Å²) in [6, 6.07) is 0. The van der Waals surface area contributed by atoms with E-state index >= 15 is 0 Å². The van der Waals surface area contributed by atoms with Crippen LogP contribution in [0.1, 0.15) is 19.8 Å². The minimum atomic E-state index is -0.306. The van der Waals surface area contributed by atoms with Crippen LogP contribution in [0.25, 0.3) is 0 Å². The fourth-order valence-electron chi connectivity index (χ4n) is 1.35. The van der Waals surface area contributed by atoms with Crippen LogP contribution in [0.15, 0.2) is 11.6 Å². The van der Waals surface area contributed by atoms with Crippen molar-refractivity contribution < 1.29 is 14.6 Å². The standard InChI is InChI=1S/C11H19NO3/c1-8(11(14)15-2)5-6-12-7-10(13)9-3-4-9/h5,9-10,12-13H,3-4,6-7H2,1-2H3. The Morgan fingerprint density at radius 1 is 1.67 bits per heavy atom. The predicted molar refractivity (Wildman–Crippen MR) is 57.4 cm³/mol. The molecular weight excluding hydrogens is 194 g/mol. The van der Waals surface area contributed by atoms with Crippen molar-refractivity contribution >= 4 is 5.97 Å². The van der Waals surface area contributed by atoms with Crippen LogP contribution in [0, 0.1) is 5.92 Å². The number of nitrogens with one attached hydrogen (secondary N) is 1. The van der Waals surface area contributed by atoms with Gasteiger partial charge in [0, 0.05) is 18.7 Å². The summed E-state index contributed by atoms with van der Waals surface area (Å²) < 4.78 is 4.55. The van der Waals surface area contributed by atoms with E-state index in [9.17, 15) is 9.90 Å². The summed E-state index contributed by atoms with van der Waals surface area (Å²) in [5, 5.41) is 12.6. The summed E-state index contributed by atoms with van der Waals surface area (Å²) in [5.74, 6) is 0.183. The average molecular weight is 213 g/mol. The molecule has 0 radical (unpaired) electrons. The average Bonchev–Trinajstić information content (AvgIpc) is 3.06. The Balaban J connectivity index is 2.11. The zero-order chi connectivity index (χ0) is 11.3. The fraction of sp³-hybridized carbons (Fsp3) is 0.727. The molecule has 2 N–H and O–H groups in total. The number of methoxy groups -OCH3 is 1. The summed E-state index contributed by atoms with van der Waals surface area (Å²) >= 11 is 0. The molecule has 0 saturated heterocycles. The van der Waals surface area contributed by atoms with E-state index in [4.69, 9.17) is 0 Å². The van der Waals surface area contributed by atoms with E-state index in [2.05, 4.69) is 10.1 Å². The quantitative estimate of drug-likeness (QED) is 0.382. The molecule has 0 aromatic carbocycles. The van der Waals surface area contributed by atoms with E-state index in [0.29, 0.717) is 24.6 Å². The maximum Gasteiger partial charge on any atom is 0.333 e. The number of rotatable bonds is 6. The second-order valence-corrected chi connectivity index (χ2v) is 3.94. The van der Waals surface area contributed by atoms with Gasteiger partial charge in [0.1, 0.15) is 0 Å². The van der Waals surface area contributed by atoms with Crippen LogP contribution in [-0.2, 0) is 9.53 Å². The minimum Gasteiger partial charge on any atom is -0.466 e. The lowest BCUT2D eigenvalue weighted by molar-refractivity contribution is -0.136. The Kier molecular flexibility index (Phi) is 4.78.